The molecule has 110 valence electrons. The molecule has 0 fully saturated rings. The molecule has 0 aliphatic carbocycles. The van der Waals surface area contributed by atoms with E-state index in [2.05, 4.69) is 34.1 Å². The van der Waals surface area contributed by atoms with Crippen LogP contribution in [0.5, 0.6) is 0 Å². The first kappa shape index (κ1) is 16.0. The van der Waals surface area contributed by atoms with Crippen LogP contribution >= 0.6 is 0 Å². The van der Waals surface area contributed by atoms with Gasteiger partial charge in [0.2, 0.25) is 5.91 Å². The van der Waals surface area contributed by atoms with Crippen molar-refractivity contribution in [2.24, 2.45) is 0 Å². The Morgan fingerprint density at radius 1 is 1.05 bits per heavy atom. The normalized spacial score (nSPS) is 11.6. The number of carbonyl (C=O) groups excluding carboxylic acids is 2. The van der Waals surface area contributed by atoms with E-state index in [0.29, 0.717) is 13.1 Å². The van der Waals surface area contributed by atoms with Gasteiger partial charge in [0.15, 0.2) is 0 Å². The number of benzene rings is 1. The summed E-state index contributed by atoms with van der Waals surface area (Å²) in [5, 5.41) is 8.20. The fourth-order valence-electron chi connectivity index (χ4n) is 2.01. The van der Waals surface area contributed by atoms with Crippen LogP contribution in [0.15, 0.2) is 18.2 Å². The van der Waals surface area contributed by atoms with Crippen molar-refractivity contribution < 1.29 is 9.59 Å². The van der Waals surface area contributed by atoms with Gasteiger partial charge < -0.3 is 16.0 Å². The van der Waals surface area contributed by atoms with Crippen LogP contribution in [0.2, 0.25) is 0 Å². The maximum absolute atomic E-state index is 11.7. The number of rotatable bonds is 5. The Balaban J connectivity index is 2.43. The van der Waals surface area contributed by atoms with Crippen molar-refractivity contribution in [1.29, 1.82) is 0 Å². The number of amides is 3. The number of hydrogen-bond donors (Lipinski definition) is 3. The standard InChI is InChI=1S/C15H23N3O2/c1-10-7-11(2)9-14(8-10)12(3)18-15(20)17-6-5-16-13(4)19/h7-9,12H,5-6H2,1-4H3,(H,16,19)(H2,17,18,20)/t12-/m1/s1. The zero-order valence-corrected chi connectivity index (χ0v) is 12.5. The van der Waals surface area contributed by atoms with Gasteiger partial charge in [-0.15, -0.1) is 0 Å². The number of aryl methyl sites for hydroxylation is 2. The molecule has 0 unspecified atom stereocenters. The van der Waals surface area contributed by atoms with Gasteiger partial charge >= 0.3 is 6.03 Å². The summed E-state index contributed by atoms with van der Waals surface area (Å²) in [5.41, 5.74) is 3.44. The minimum absolute atomic E-state index is 0.0608. The Morgan fingerprint density at radius 2 is 1.60 bits per heavy atom. The number of nitrogens with one attached hydrogen (secondary N) is 3. The fraction of sp³-hybridized carbons (Fsp3) is 0.467. The summed E-state index contributed by atoms with van der Waals surface area (Å²) in [6.07, 6.45) is 0. The molecule has 5 nitrogen and oxygen atoms in total. The zero-order valence-electron chi connectivity index (χ0n) is 12.5. The van der Waals surface area contributed by atoms with Crippen LogP contribution in [0.1, 0.15) is 36.6 Å². The summed E-state index contributed by atoms with van der Waals surface area (Å²) < 4.78 is 0. The first-order valence-corrected chi connectivity index (χ1v) is 6.75. The molecule has 0 saturated carbocycles. The van der Waals surface area contributed by atoms with Crippen LogP contribution in [0.3, 0.4) is 0 Å². The third-order valence-electron chi connectivity index (χ3n) is 2.88. The zero-order chi connectivity index (χ0) is 15.1. The van der Waals surface area contributed by atoms with Crippen molar-refractivity contribution in [3.8, 4) is 0 Å². The quantitative estimate of drug-likeness (QED) is 0.718. The second kappa shape index (κ2) is 7.53. The molecule has 20 heavy (non-hydrogen) atoms. The summed E-state index contributed by atoms with van der Waals surface area (Å²) in [7, 11) is 0. The van der Waals surface area contributed by atoms with E-state index in [0.717, 1.165) is 5.56 Å². The minimum Gasteiger partial charge on any atom is -0.355 e. The Bertz CT molecular complexity index is 466. The Labute approximate surface area is 120 Å². The van der Waals surface area contributed by atoms with Gasteiger partial charge in [0.25, 0.3) is 0 Å². The van der Waals surface area contributed by atoms with E-state index in [-0.39, 0.29) is 18.0 Å². The molecule has 0 aromatic heterocycles. The van der Waals surface area contributed by atoms with Crippen LogP contribution in [-0.4, -0.2) is 25.0 Å². The first-order valence-electron chi connectivity index (χ1n) is 6.75. The van der Waals surface area contributed by atoms with E-state index in [1.807, 2.05) is 20.8 Å². The monoisotopic (exact) mass is 277 g/mol. The second-order valence-corrected chi connectivity index (χ2v) is 5.03. The van der Waals surface area contributed by atoms with E-state index >= 15 is 0 Å². The molecule has 0 heterocycles. The average Bonchev–Trinajstić information content (AvgIpc) is 2.33. The van der Waals surface area contributed by atoms with E-state index in [1.165, 1.54) is 18.1 Å². The molecule has 3 amide bonds. The molecule has 1 aromatic rings. The summed E-state index contributed by atoms with van der Waals surface area (Å²) in [6.45, 7) is 8.31. The molecule has 0 radical (unpaired) electrons. The van der Waals surface area contributed by atoms with Crippen molar-refractivity contribution >= 4 is 11.9 Å². The van der Waals surface area contributed by atoms with Crippen LogP contribution < -0.4 is 16.0 Å². The summed E-state index contributed by atoms with van der Waals surface area (Å²) in [5.74, 6) is -0.101. The van der Waals surface area contributed by atoms with Crippen LogP contribution in [-0.2, 0) is 4.79 Å². The van der Waals surface area contributed by atoms with Crippen molar-refractivity contribution in [2.45, 2.75) is 33.7 Å². The second-order valence-electron chi connectivity index (χ2n) is 5.03. The molecule has 1 atom stereocenters. The summed E-state index contributed by atoms with van der Waals surface area (Å²) in [6, 6.07) is 5.94. The molecule has 1 rings (SSSR count). The predicted octanol–water partition coefficient (Wildman–Crippen LogP) is 1.80. The molecule has 3 N–H and O–H groups in total. The fourth-order valence-corrected chi connectivity index (χ4v) is 2.01. The third-order valence-corrected chi connectivity index (χ3v) is 2.88. The van der Waals surface area contributed by atoms with Gasteiger partial charge in [0, 0.05) is 20.0 Å². The highest BCUT2D eigenvalue weighted by Gasteiger charge is 2.09. The van der Waals surface area contributed by atoms with Gasteiger partial charge in [-0.05, 0) is 26.3 Å². The van der Waals surface area contributed by atoms with E-state index in [4.69, 9.17) is 0 Å². The number of urea groups is 1. The lowest BCUT2D eigenvalue weighted by molar-refractivity contribution is -0.118. The minimum atomic E-state index is -0.234. The topological polar surface area (TPSA) is 70.2 Å². The van der Waals surface area contributed by atoms with Crippen molar-refractivity contribution in [1.82, 2.24) is 16.0 Å². The maximum Gasteiger partial charge on any atom is 0.315 e. The highest BCUT2D eigenvalue weighted by atomic mass is 16.2. The molecular formula is C15H23N3O2. The van der Waals surface area contributed by atoms with Crippen LogP contribution in [0.25, 0.3) is 0 Å². The average molecular weight is 277 g/mol. The smallest absolute Gasteiger partial charge is 0.315 e. The lowest BCUT2D eigenvalue weighted by Crippen LogP contribution is -2.40. The third kappa shape index (κ3) is 5.73. The predicted molar refractivity (Wildman–Crippen MR) is 79.5 cm³/mol. The van der Waals surface area contributed by atoms with Gasteiger partial charge in [0.05, 0.1) is 6.04 Å². The van der Waals surface area contributed by atoms with E-state index in [9.17, 15) is 9.59 Å². The summed E-state index contributed by atoms with van der Waals surface area (Å²) >= 11 is 0. The van der Waals surface area contributed by atoms with Gasteiger partial charge in [-0.3, -0.25) is 4.79 Å². The van der Waals surface area contributed by atoms with Crippen LogP contribution in [0.4, 0.5) is 4.79 Å². The molecule has 0 saturated heterocycles. The van der Waals surface area contributed by atoms with Gasteiger partial charge in [0.1, 0.15) is 0 Å². The highest BCUT2D eigenvalue weighted by Crippen LogP contribution is 2.16. The van der Waals surface area contributed by atoms with E-state index < -0.39 is 0 Å². The molecule has 0 bridgehead atoms. The molecule has 0 aliphatic rings. The largest absolute Gasteiger partial charge is 0.355 e. The number of hydrogen-bond acceptors (Lipinski definition) is 2. The number of carbonyl (C=O) groups is 2. The van der Waals surface area contributed by atoms with Crippen molar-refractivity contribution in [2.75, 3.05) is 13.1 Å². The van der Waals surface area contributed by atoms with Gasteiger partial charge in [-0.2, -0.15) is 0 Å². The van der Waals surface area contributed by atoms with Gasteiger partial charge in [-0.1, -0.05) is 29.3 Å². The molecule has 0 aliphatic heterocycles. The Hall–Kier alpha value is -2.04. The van der Waals surface area contributed by atoms with Gasteiger partial charge in [-0.25, -0.2) is 4.79 Å². The Kier molecular flexibility index (Phi) is 6.03. The Morgan fingerprint density at radius 3 is 2.15 bits per heavy atom. The van der Waals surface area contributed by atoms with Crippen LogP contribution in [0, 0.1) is 13.8 Å². The molecular weight excluding hydrogens is 254 g/mol. The molecule has 5 heteroatoms. The lowest BCUT2D eigenvalue weighted by atomic mass is 10.0. The van der Waals surface area contributed by atoms with Crippen molar-refractivity contribution in [3.63, 3.8) is 0 Å². The highest BCUT2D eigenvalue weighted by molar-refractivity contribution is 5.75. The lowest BCUT2D eigenvalue weighted by Gasteiger charge is -2.16. The first-order chi connectivity index (χ1) is 9.38. The molecule has 0 spiro atoms. The summed E-state index contributed by atoms with van der Waals surface area (Å²) in [4.78, 5) is 22.4. The molecule has 1 aromatic carbocycles. The van der Waals surface area contributed by atoms with Crippen molar-refractivity contribution in [3.05, 3.63) is 34.9 Å². The SMILES string of the molecule is CC(=O)NCCNC(=O)N[C@H](C)c1cc(C)cc(C)c1. The van der Waals surface area contributed by atoms with E-state index in [1.54, 1.807) is 0 Å². The maximum atomic E-state index is 11.7.